The molecule has 3 rings (SSSR count). The summed E-state index contributed by atoms with van der Waals surface area (Å²) in [5.41, 5.74) is 8.48. The number of nitrogens with one attached hydrogen (secondary N) is 2. The Morgan fingerprint density at radius 2 is 2.32 bits per heavy atom. The number of fused-ring (bicyclic) bond motifs is 1. The maximum absolute atomic E-state index is 5.78. The monoisotopic (exact) mass is 259 g/mol. The molecule has 4 N–H and O–H groups in total. The standard InChI is InChI=1S/C14H21N5/c1-9-7-11(5-6-19(9)2)16-14-17-12-4-3-10(15)8-13(12)18-14/h3-4,8-9,11H,5-7,15H2,1-2H3,(H2,16,17,18). The van der Waals surface area contributed by atoms with Gasteiger partial charge in [0.25, 0.3) is 0 Å². The van der Waals surface area contributed by atoms with Crippen LogP contribution in [0.5, 0.6) is 0 Å². The Balaban J connectivity index is 1.74. The van der Waals surface area contributed by atoms with E-state index in [1.165, 1.54) is 0 Å². The van der Waals surface area contributed by atoms with E-state index in [9.17, 15) is 0 Å². The van der Waals surface area contributed by atoms with Gasteiger partial charge in [0.05, 0.1) is 11.0 Å². The zero-order chi connectivity index (χ0) is 13.4. The van der Waals surface area contributed by atoms with Crippen molar-refractivity contribution in [3.8, 4) is 0 Å². The third-order valence-electron chi connectivity index (χ3n) is 4.06. The second-order valence-corrected chi connectivity index (χ2v) is 5.56. The fourth-order valence-corrected chi connectivity index (χ4v) is 2.71. The highest BCUT2D eigenvalue weighted by molar-refractivity contribution is 5.80. The van der Waals surface area contributed by atoms with Crippen LogP contribution in [0.25, 0.3) is 11.0 Å². The largest absolute Gasteiger partial charge is 0.399 e. The van der Waals surface area contributed by atoms with Crippen LogP contribution in [0.15, 0.2) is 18.2 Å². The maximum atomic E-state index is 5.78. The molecule has 102 valence electrons. The van der Waals surface area contributed by atoms with E-state index in [2.05, 4.69) is 34.2 Å². The number of hydrogen-bond acceptors (Lipinski definition) is 4. The summed E-state index contributed by atoms with van der Waals surface area (Å²) < 4.78 is 0. The molecule has 5 heteroatoms. The Bertz CT molecular complexity index is 576. The molecule has 0 radical (unpaired) electrons. The third-order valence-corrected chi connectivity index (χ3v) is 4.06. The molecule has 2 aromatic rings. The highest BCUT2D eigenvalue weighted by Crippen LogP contribution is 2.21. The van der Waals surface area contributed by atoms with Crippen LogP contribution in [0.3, 0.4) is 0 Å². The number of nitrogen functional groups attached to an aromatic ring is 1. The van der Waals surface area contributed by atoms with E-state index in [1.54, 1.807) is 0 Å². The van der Waals surface area contributed by atoms with Crippen LogP contribution < -0.4 is 11.1 Å². The van der Waals surface area contributed by atoms with Gasteiger partial charge in [0.1, 0.15) is 0 Å². The number of anilines is 2. The Hall–Kier alpha value is -1.75. The third kappa shape index (κ3) is 2.51. The van der Waals surface area contributed by atoms with Gasteiger partial charge in [0.15, 0.2) is 0 Å². The van der Waals surface area contributed by atoms with E-state index in [0.29, 0.717) is 12.1 Å². The molecular weight excluding hydrogens is 238 g/mol. The number of aromatic nitrogens is 2. The number of rotatable bonds is 2. The number of piperidine rings is 1. The molecular formula is C14H21N5. The van der Waals surface area contributed by atoms with Crippen LogP contribution in [-0.2, 0) is 0 Å². The lowest BCUT2D eigenvalue weighted by Crippen LogP contribution is -2.42. The fraction of sp³-hybridized carbons (Fsp3) is 0.500. The van der Waals surface area contributed by atoms with Crippen molar-refractivity contribution in [2.75, 3.05) is 24.6 Å². The first-order valence-corrected chi connectivity index (χ1v) is 6.84. The van der Waals surface area contributed by atoms with Crippen molar-refractivity contribution in [1.29, 1.82) is 0 Å². The van der Waals surface area contributed by atoms with Crippen molar-refractivity contribution in [2.24, 2.45) is 0 Å². The molecule has 1 fully saturated rings. The van der Waals surface area contributed by atoms with Crippen molar-refractivity contribution in [1.82, 2.24) is 14.9 Å². The zero-order valence-electron chi connectivity index (χ0n) is 11.5. The number of nitrogens with zero attached hydrogens (tertiary/aromatic N) is 2. The van der Waals surface area contributed by atoms with Gasteiger partial charge < -0.3 is 20.9 Å². The molecule has 2 atom stereocenters. The fourth-order valence-electron chi connectivity index (χ4n) is 2.71. The molecule has 1 aliphatic rings. The van der Waals surface area contributed by atoms with E-state index < -0.39 is 0 Å². The molecule has 0 spiro atoms. The second kappa shape index (κ2) is 4.74. The summed E-state index contributed by atoms with van der Waals surface area (Å²) in [6, 6.07) is 6.86. The van der Waals surface area contributed by atoms with Crippen molar-refractivity contribution >= 4 is 22.7 Å². The number of benzene rings is 1. The number of H-pyrrole nitrogens is 1. The number of likely N-dealkylation sites (tertiary alicyclic amines) is 1. The minimum Gasteiger partial charge on any atom is -0.399 e. The normalized spacial score (nSPS) is 24.7. The molecule has 1 saturated heterocycles. The smallest absolute Gasteiger partial charge is 0.201 e. The Morgan fingerprint density at radius 3 is 3.11 bits per heavy atom. The summed E-state index contributed by atoms with van der Waals surface area (Å²) in [7, 11) is 2.19. The summed E-state index contributed by atoms with van der Waals surface area (Å²) >= 11 is 0. The van der Waals surface area contributed by atoms with E-state index in [0.717, 1.165) is 42.1 Å². The summed E-state index contributed by atoms with van der Waals surface area (Å²) in [6.45, 7) is 3.40. The molecule has 2 unspecified atom stereocenters. The van der Waals surface area contributed by atoms with Crippen molar-refractivity contribution in [2.45, 2.75) is 31.8 Å². The average Bonchev–Trinajstić information content (AvgIpc) is 2.75. The predicted molar refractivity (Wildman–Crippen MR) is 79.2 cm³/mol. The van der Waals surface area contributed by atoms with Crippen LogP contribution >= 0.6 is 0 Å². The molecule has 5 nitrogen and oxygen atoms in total. The van der Waals surface area contributed by atoms with E-state index in [4.69, 9.17) is 5.73 Å². The molecule has 0 saturated carbocycles. The van der Waals surface area contributed by atoms with Gasteiger partial charge >= 0.3 is 0 Å². The van der Waals surface area contributed by atoms with Gasteiger partial charge in [-0.1, -0.05) is 0 Å². The highest BCUT2D eigenvalue weighted by atomic mass is 15.2. The average molecular weight is 259 g/mol. The second-order valence-electron chi connectivity index (χ2n) is 5.56. The van der Waals surface area contributed by atoms with Gasteiger partial charge in [0, 0.05) is 24.3 Å². The number of imidazole rings is 1. The lowest BCUT2D eigenvalue weighted by Gasteiger charge is -2.35. The van der Waals surface area contributed by atoms with Crippen LogP contribution in [-0.4, -0.2) is 40.5 Å². The molecule has 1 aromatic heterocycles. The first-order chi connectivity index (χ1) is 9.11. The molecule has 0 amide bonds. The van der Waals surface area contributed by atoms with E-state index >= 15 is 0 Å². The van der Waals surface area contributed by atoms with Crippen LogP contribution in [0.4, 0.5) is 11.6 Å². The molecule has 0 bridgehead atoms. The summed E-state index contributed by atoms with van der Waals surface area (Å²) in [5, 5.41) is 3.51. The van der Waals surface area contributed by atoms with Crippen molar-refractivity contribution < 1.29 is 0 Å². The maximum Gasteiger partial charge on any atom is 0.201 e. The van der Waals surface area contributed by atoms with Gasteiger partial charge in [-0.05, 0) is 45.0 Å². The van der Waals surface area contributed by atoms with Crippen LogP contribution in [0.2, 0.25) is 0 Å². The summed E-state index contributed by atoms with van der Waals surface area (Å²) in [4.78, 5) is 10.3. The zero-order valence-corrected chi connectivity index (χ0v) is 11.5. The molecule has 19 heavy (non-hydrogen) atoms. The Kier molecular flexibility index (Phi) is 3.06. The Labute approximate surface area is 113 Å². The highest BCUT2D eigenvalue weighted by Gasteiger charge is 2.23. The van der Waals surface area contributed by atoms with Crippen molar-refractivity contribution in [3.63, 3.8) is 0 Å². The van der Waals surface area contributed by atoms with Crippen LogP contribution in [0, 0.1) is 0 Å². The van der Waals surface area contributed by atoms with Gasteiger partial charge in [-0.15, -0.1) is 0 Å². The van der Waals surface area contributed by atoms with Crippen molar-refractivity contribution in [3.05, 3.63) is 18.2 Å². The number of hydrogen-bond donors (Lipinski definition) is 3. The predicted octanol–water partition coefficient (Wildman–Crippen LogP) is 2.04. The SMILES string of the molecule is CC1CC(Nc2nc3ccc(N)cc3[nH]2)CCN1C. The van der Waals surface area contributed by atoms with E-state index in [-0.39, 0.29) is 0 Å². The first-order valence-electron chi connectivity index (χ1n) is 6.84. The van der Waals surface area contributed by atoms with Crippen LogP contribution in [0.1, 0.15) is 19.8 Å². The number of nitrogens with two attached hydrogens (primary N) is 1. The van der Waals surface area contributed by atoms with E-state index in [1.807, 2.05) is 18.2 Å². The van der Waals surface area contributed by atoms with Gasteiger partial charge in [-0.25, -0.2) is 4.98 Å². The first kappa shape index (κ1) is 12.3. The molecule has 0 aliphatic carbocycles. The molecule has 2 heterocycles. The Morgan fingerprint density at radius 1 is 1.47 bits per heavy atom. The lowest BCUT2D eigenvalue weighted by atomic mass is 9.99. The topological polar surface area (TPSA) is 70.0 Å². The minimum atomic E-state index is 0.490. The summed E-state index contributed by atoms with van der Waals surface area (Å²) in [5.74, 6) is 0.849. The lowest BCUT2D eigenvalue weighted by molar-refractivity contribution is 0.190. The quantitative estimate of drug-likeness (QED) is 0.722. The molecule has 1 aromatic carbocycles. The summed E-state index contributed by atoms with van der Waals surface area (Å²) in [6.07, 6.45) is 2.30. The molecule has 1 aliphatic heterocycles. The van der Waals surface area contributed by atoms with Gasteiger partial charge in [0.2, 0.25) is 5.95 Å². The minimum absolute atomic E-state index is 0.490. The number of aromatic amines is 1. The van der Waals surface area contributed by atoms with Gasteiger partial charge in [-0.2, -0.15) is 0 Å². The van der Waals surface area contributed by atoms with Gasteiger partial charge in [-0.3, -0.25) is 0 Å².